The number of nitrogens with one attached hydrogen (secondary N) is 2. The molecule has 1 aliphatic rings. The third-order valence-electron chi connectivity index (χ3n) is 9.81. The average molecular weight is 747 g/mol. The molecule has 2 N–H and O–H groups in total. The third-order valence-corrected chi connectivity index (χ3v) is 9.81. The van der Waals surface area contributed by atoms with Crippen LogP contribution in [-0.4, -0.2) is 49.4 Å². The van der Waals surface area contributed by atoms with Gasteiger partial charge in [0.25, 0.3) is 0 Å². The summed E-state index contributed by atoms with van der Waals surface area (Å²) in [4.78, 5) is 48.3. The number of imide groups is 2. The molecule has 4 amide bonds. The van der Waals surface area contributed by atoms with E-state index in [0.717, 1.165) is 64.2 Å². The normalized spacial score (nSPS) is 15.7. The summed E-state index contributed by atoms with van der Waals surface area (Å²) >= 11 is 0. The number of hydrogen-bond donors (Lipinski definition) is 2. The number of amides is 4. The number of unbranched alkanes of at least 4 members (excludes halogenated alkanes) is 22. The largest absolute Gasteiger partial charge is 0.446 e. The fourth-order valence-corrected chi connectivity index (χ4v) is 6.50. The fourth-order valence-electron chi connectivity index (χ4n) is 6.50. The number of ether oxygens (including phenoxy) is 3. The molecule has 0 spiro atoms. The Morgan fingerprint density at radius 2 is 0.774 bits per heavy atom. The second kappa shape index (κ2) is 36.3. The van der Waals surface area contributed by atoms with Crippen LogP contribution in [0.15, 0.2) is 24.3 Å². The Morgan fingerprint density at radius 1 is 0.472 bits per heavy atom. The molecule has 9 nitrogen and oxygen atoms in total. The first-order valence-corrected chi connectivity index (χ1v) is 21.8. The van der Waals surface area contributed by atoms with Gasteiger partial charge in [0, 0.05) is 12.8 Å². The lowest BCUT2D eigenvalue weighted by Crippen LogP contribution is -2.34. The van der Waals surface area contributed by atoms with E-state index in [9.17, 15) is 19.2 Å². The number of allylic oxidation sites excluding steroid dienone is 4. The van der Waals surface area contributed by atoms with Crippen molar-refractivity contribution in [2.75, 3.05) is 13.2 Å². The Bertz CT molecular complexity index is 907. The van der Waals surface area contributed by atoms with E-state index in [1.807, 2.05) is 0 Å². The van der Waals surface area contributed by atoms with Gasteiger partial charge in [-0.05, 0) is 77.0 Å². The molecule has 9 heteroatoms. The minimum absolute atomic E-state index is 0.0175. The molecule has 0 saturated carbocycles. The first-order chi connectivity index (χ1) is 25.9. The Kier molecular flexibility index (Phi) is 33.1. The summed E-state index contributed by atoms with van der Waals surface area (Å²) in [5, 5.41) is 4.58. The maximum absolute atomic E-state index is 12.1. The maximum Gasteiger partial charge on any atom is 0.413 e. The van der Waals surface area contributed by atoms with Gasteiger partial charge in [-0.25, -0.2) is 9.59 Å². The average Bonchev–Trinajstić information content (AvgIpc) is 3.61. The van der Waals surface area contributed by atoms with Crippen LogP contribution in [-0.2, 0) is 23.8 Å². The van der Waals surface area contributed by atoms with Crippen LogP contribution in [0.3, 0.4) is 0 Å². The van der Waals surface area contributed by atoms with Crippen LogP contribution in [0.1, 0.15) is 206 Å². The summed E-state index contributed by atoms with van der Waals surface area (Å²) < 4.78 is 16.2. The van der Waals surface area contributed by atoms with E-state index in [4.69, 9.17) is 14.2 Å². The SMILES string of the molecule is CCCCCCCC/C=C\CCCCCCCC(=O)NC(=O)OCC1CCC(COC(=O)NC(=O)CCCCCCC/C=C\CCCCCCCC)O1. The fraction of sp³-hybridized carbons (Fsp3) is 0.818. The first kappa shape index (κ1) is 48.3. The Balaban J connectivity index is 1.94. The quantitative estimate of drug-likeness (QED) is 0.0497. The molecule has 1 fully saturated rings. The van der Waals surface area contributed by atoms with Crippen molar-refractivity contribution in [3.63, 3.8) is 0 Å². The molecule has 1 saturated heterocycles. The van der Waals surface area contributed by atoms with E-state index in [0.29, 0.717) is 25.7 Å². The van der Waals surface area contributed by atoms with E-state index in [1.54, 1.807) is 0 Å². The van der Waals surface area contributed by atoms with E-state index >= 15 is 0 Å². The molecule has 0 radical (unpaired) electrons. The van der Waals surface area contributed by atoms with E-state index < -0.39 is 12.2 Å². The highest BCUT2D eigenvalue weighted by Gasteiger charge is 2.28. The molecule has 0 aromatic heterocycles. The molecular weight excluding hydrogens is 668 g/mol. The molecule has 0 aromatic rings. The second-order valence-electron chi connectivity index (χ2n) is 14.9. The lowest BCUT2D eigenvalue weighted by atomic mass is 10.1. The van der Waals surface area contributed by atoms with Crippen molar-refractivity contribution in [1.82, 2.24) is 10.6 Å². The predicted octanol–water partition coefficient (Wildman–Crippen LogP) is 12.1. The van der Waals surface area contributed by atoms with Gasteiger partial charge in [0.05, 0.1) is 12.2 Å². The zero-order valence-corrected chi connectivity index (χ0v) is 33.9. The Morgan fingerprint density at radius 3 is 1.11 bits per heavy atom. The topological polar surface area (TPSA) is 120 Å². The summed E-state index contributed by atoms with van der Waals surface area (Å²) in [6.07, 6.45) is 39.9. The molecule has 1 aliphatic heterocycles. The third kappa shape index (κ3) is 32.5. The summed E-state index contributed by atoms with van der Waals surface area (Å²) in [7, 11) is 0. The van der Waals surface area contributed by atoms with Crippen molar-refractivity contribution >= 4 is 24.0 Å². The van der Waals surface area contributed by atoms with Crippen LogP contribution in [0.4, 0.5) is 9.59 Å². The van der Waals surface area contributed by atoms with Crippen LogP contribution in [0.25, 0.3) is 0 Å². The highest BCUT2D eigenvalue weighted by Crippen LogP contribution is 2.20. The van der Waals surface area contributed by atoms with Crippen molar-refractivity contribution in [2.45, 2.75) is 219 Å². The lowest BCUT2D eigenvalue weighted by molar-refractivity contribution is -0.121. The molecule has 2 unspecified atom stereocenters. The molecule has 1 heterocycles. The van der Waals surface area contributed by atoms with Gasteiger partial charge in [-0.3, -0.25) is 20.2 Å². The van der Waals surface area contributed by atoms with Gasteiger partial charge in [-0.15, -0.1) is 0 Å². The van der Waals surface area contributed by atoms with Crippen LogP contribution < -0.4 is 10.6 Å². The number of hydrogen-bond acceptors (Lipinski definition) is 7. The molecule has 0 bridgehead atoms. The predicted molar refractivity (Wildman–Crippen MR) is 216 cm³/mol. The molecule has 0 aromatic carbocycles. The number of carbonyl (C=O) groups excluding carboxylic acids is 4. The Labute approximate surface area is 323 Å². The van der Waals surface area contributed by atoms with E-state index in [1.165, 1.54) is 103 Å². The summed E-state index contributed by atoms with van der Waals surface area (Å²) in [5.74, 6) is -0.659. The van der Waals surface area contributed by atoms with Crippen molar-refractivity contribution in [2.24, 2.45) is 0 Å². The van der Waals surface area contributed by atoms with E-state index in [2.05, 4.69) is 48.8 Å². The smallest absolute Gasteiger partial charge is 0.413 e. The molecule has 53 heavy (non-hydrogen) atoms. The van der Waals surface area contributed by atoms with Crippen LogP contribution in [0.5, 0.6) is 0 Å². The molecule has 2 atom stereocenters. The maximum atomic E-state index is 12.1. The molecule has 1 rings (SSSR count). The minimum atomic E-state index is -0.768. The highest BCUT2D eigenvalue weighted by atomic mass is 16.6. The zero-order valence-electron chi connectivity index (χ0n) is 33.9. The van der Waals surface area contributed by atoms with Gasteiger partial charge >= 0.3 is 12.2 Å². The monoisotopic (exact) mass is 747 g/mol. The standard InChI is InChI=1S/C44H78N2O7/c1-3-5-7-9-11-13-15-17-19-21-23-25-27-29-31-33-41(47)45-43(49)51-37-39-35-36-40(53-39)38-52-44(50)46-42(48)34-32-30-28-26-24-22-20-18-16-14-12-10-8-6-4-2/h17-20,39-40H,3-16,21-38H2,1-2H3,(H,45,47,49)(H,46,48,50)/b19-17-,20-18-. The van der Waals surface area contributed by atoms with Gasteiger partial charge < -0.3 is 14.2 Å². The van der Waals surface area contributed by atoms with Crippen molar-refractivity contribution < 1.29 is 33.4 Å². The summed E-state index contributed by atoms with van der Waals surface area (Å²) in [6.45, 7) is 4.53. The van der Waals surface area contributed by atoms with Gasteiger partial charge in [-0.1, -0.05) is 141 Å². The van der Waals surface area contributed by atoms with Crippen molar-refractivity contribution in [3.05, 3.63) is 24.3 Å². The van der Waals surface area contributed by atoms with Gasteiger partial charge in [0.1, 0.15) is 13.2 Å². The van der Waals surface area contributed by atoms with Gasteiger partial charge in [-0.2, -0.15) is 0 Å². The van der Waals surface area contributed by atoms with Crippen LogP contribution >= 0.6 is 0 Å². The number of alkyl carbamates (subject to hydrolysis) is 2. The number of rotatable bonds is 34. The highest BCUT2D eigenvalue weighted by molar-refractivity contribution is 5.92. The van der Waals surface area contributed by atoms with Gasteiger partial charge in [0.15, 0.2) is 0 Å². The van der Waals surface area contributed by atoms with Crippen LogP contribution in [0.2, 0.25) is 0 Å². The molecule has 306 valence electrons. The van der Waals surface area contributed by atoms with Crippen molar-refractivity contribution in [1.29, 1.82) is 0 Å². The van der Waals surface area contributed by atoms with Gasteiger partial charge in [0.2, 0.25) is 11.8 Å². The van der Waals surface area contributed by atoms with Crippen LogP contribution in [0, 0.1) is 0 Å². The van der Waals surface area contributed by atoms with Crippen molar-refractivity contribution in [3.8, 4) is 0 Å². The lowest BCUT2D eigenvalue weighted by Gasteiger charge is -2.14. The zero-order chi connectivity index (χ0) is 38.5. The number of carbonyl (C=O) groups is 4. The Hall–Kier alpha value is -2.68. The minimum Gasteiger partial charge on any atom is -0.446 e. The molecular formula is C44H78N2O7. The summed E-state index contributed by atoms with van der Waals surface area (Å²) in [5.41, 5.74) is 0. The summed E-state index contributed by atoms with van der Waals surface area (Å²) in [6, 6.07) is 0. The first-order valence-electron chi connectivity index (χ1n) is 21.8. The molecule has 0 aliphatic carbocycles. The second-order valence-corrected chi connectivity index (χ2v) is 14.9. The van der Waals surface area contributed by atoms with E-state index in [-0.39, 0.29) is 37.2 Å².